The zero-order valence-corrected chi connectivity index (χ0v) is 15.1. The van der Waals surface area contributed by atoms with E-state index >= 15 is 0 Å². The molecular formula is C17H15F3N4O3S. The predicted octanol–water partition coefficient (Wildman–Crippen LogP) is 2.69. The van der Waals surface area contributed by atoms with Gasteiger partial charge in [-0.3, -0.25) is 5.10 Å². The molecule has 1 aliphatic rings. The molecule has 3 aromatic rings. The van der Waals surface area contributed by atoms with Gasteiger partial charge in [-0.15, -0.1) is 13.2 Å². The molecule has 7 nitrogen and oxygen atoms in total. The van der Waals surface area contributed by atoms with Crippen LogP contribution in [0.2, 0.25) is 0 Å². The van der Waals surface area contributed by atoms with Gasteiger partial charge in [-0.1, -0.05) is 0 Å². The van der Waals surface area contributed by atoms with Crippen LogP contribution in [-0.4, -0.2) is 36.0 Å². The molecule has 2 heterocycles. The second-order valence-corrected chi connectivity index (χ2v) is 8.19. The van der Waals surface area contributed by atoms with Crippen molar-refractivity contribution in [3.8, 4) is 5.75 Å². The first-order valence-corrected chi connectivity index (χ1v) is 9.87. The number of nitrogens with zero attached hydrogens (tertiary/aromatic N) is 2. The number of aromatic amines is 1. The summed E-state index contributed by atoms with van der Waals surface area (Å²) in [6.07, 6.45) is 0.307. The topological polar surface area (TPSA) is 97.0 Å². The molecule has 0 bridgehead atoms. The normalized spacial score (nSPS) is 17.5. The first-order chi connectivity index (χ1) is 13.2. The molecule has 2 aromatic heterocycles. The van der Waals surface area contributed by atoms with Crippen molar-refractivity contribution < 1.29 is 26.3 Å². The second-order valence-electron chi connectivity index (χ2n) is 6.47. The summed E-state index contributed by atoms with van der Waals surface area (Å²) in [5, 5.41) is 7.71. The van der Waals surface area contributed by atoms with Gasteiger partial charge in [0.05, 0.1) is 11.1 Å². The average molecular weight is 412 g/mol. The van der Waals surface area contributed by atoms with Crippen molar-refractivity contribution in [3.63, 3.8) is 0 Å². The number of rotatable bonds is 4. The molecule has 0 saturated carbocycles. The Labute approximate surface area is 158 Å². The molecule has 0 saturated heterocycles. The third-order valence-electron chi connectivity index (χ3n) is 4.58. The molecule has 28 heavy (non-hydrogen) atoms. The Hall–Kier alpha value is -2.66. The standard InChI is InChI=1S/C17H15F3N4O3S/c18-17(19,20)27-12-2-4-13(5-3-12)28(25,26)24-11-1-6-14-10(7-11)8-21-16-15(14)9-22-23-16/h2-5,8-9,11,24H,1,6-7H2,(H,21,22,23). The van der Waals surface area contributed by atoms with Crippen LogP contribution in [0.1, 0.15) is 17.5 Å². The number of ether oxygens (including phenoxy) is 1. The van der Waals surface area contributed by atoms with Gasteiger partial charge in [0, 0.05) is 17.6 Å². The van der Waals surface area contributed by atoms with Gasteiger partial charge in [-0.2, -0.15) is 5.10 Å². The molecule has 11 heteroatoms. The van der Waals surface area contributed by atoms with E-state index in [9.17, 15) is 21.6 Å². The van der Waals surface area contributed by atoms with E-state index in [1.165, 1.54) is 0 Å². The summed E-state index contributed by atoms with van der Waals surface area (Å²) in [6.45, 7) is 0. The Morgan fingerprint density at radius 2 is 1.93 bits per heavy atom. The van der Waals surface area contributed by atoms with Crippen LogP contribution in [0.15, 0.2) is 41.6 Å². The highest BCUT2D eigenvalue weighted by Crippen LogP contribution is 2.28. The minimum atomic E-state index is -4.83. The second kappa shape index (κ2) is 6.74. The van der Waals surface area contributed by atoms with Gasteiger partial charge in [-0.05, 0) is 54.7 Å². The number of hydrogen-bond donors (Lipinski definition) is 2. The first-order valence-electron chi connectivity index (χ1n) is 8.39. The van der Waals surface area contributed by atoms with Gasteiger partial charge in [0.2, 0.25) is 10.0 Å². The van der Waals surface area contributed by atoms with Crippen LogP contribution in [0, 0.1) is 0 Å². The predicted molar refractivity (Wildman–Crippen MR) is 93.1 cm³/mol. The maximum atomic E-state index is 12.6. The van der Waals surface area contributed by atoms with Crippen molar-refractivity contribution in [2.24, 2.45) is 0 Å². The number of halogens is 3. The molecular weight excluding hydrogens is 397 g/mol. The molecule has 1 atom stereocenters. The minimum Gasteiger partial charge on any atom is -0.406 e. The Balaban J connectivity index is 1.49. The van der Waals surface area contributed by atoms with Gasteiger partial charge in [0.25, 0.3) is 0 Å². The first kappa shape index (κ1) is 18.7. The number of H-pyrrole nitrogens is 1. The van der Waals surface area contributed by atoms with E-state index < -0.39 is 22.1 Å². The molecule has 0 aliphatic heterocycles. The van der Waals surface area contributed by atoms with Crippen LogP contribution in [0.3, 0.4) is 0 Å². The summed E-state index contributed by atoms with van der Waals surface area (Å²) in [5.74, 6) is -0.478. The number of pyridine rings is 1. The molecule has 1 aromatic carbocycles. The highest BCUT2D eigenvalue weighted by molar-refractivity contribution is 7.89. The van der Waals surface area contributed by atoms with Crippen molar-refractivity contribution >= 4 is 21.1 Å². The quantitative estimate of drug-likeness (QED) is 0.687. The third kappa shape index (κ3) is 3.80. The van der Waals surface area contributed by atoms with Crippen LogP contribution in [-0.2, 0) is 22.9 Å². The largest absolute Gasteiger partial charge is 0.573 e. The lowest BCUT2D eigenvalue weighted by Gasteiger charge is -2.25. The number of aryl methyl sites for hydroxylation is 1. The van der Waals surface area contributed by atoms with E-state index in [0.29, 0.717) is 24.9 Å². The highest BCUT2D eigenvalue weighted by atomic mass is 32.2. The summed E-state index contributed by atoms with van der Waals surface area (Å²) in [5.41, 5.74) is 2.74. The molecule has 1 aliphatic carbocycles. The van der Waals surface area contributed by atoms with E-state index in [4.69, 9.17) is 0 Å². The number of benzene rings is 1. The van der Waals surface area contributed by atoms with Crippen LogP contribution in [0.4, 0.5) is 13.2 Å². The molecule has 0 amide bonds. The van der Waals surface area contributed by atoms with Gasteiger partial charge in [0.15, 0.2) is 5.65 Å². The lowest BCUT2D eigenvalue weighted by Crippen LogP contribution is -2.38. The number of hydrogen-bond acceptors (Lipinski definition) is 5. The lowest BCUT2D eigenvalue weighted by atomic mass is 9.88. The van der Waals surface area contributed by atoms with Crippen molar-refractivity contribution in [2.75, 3.05) is 0 Å². The van der Waals surface area contributed by atoms with Crippen molar-refractivity contribution in [3.05, 3.63) is 47.8 Å². The fourth-order valence-corrected chi connectivity index (χ4v) is 4.63. The number of fused-ring (bicyclic) bond motifs is 3. The maximum absolute atomic E-state index is 12.6. The smallest absolute Gasteiger partial charge is 0.406 e. The number of aromatic nitrogens is 3. The van der Waals surface area contributed by atoms with Crippen LogP contribution < -0.4 is 9.46 Å². The molecule has 0 spiro atoms. The SMILES string of the molecule is O=S(=O)(NC1CCc2c(cnc3[nH]ncc23)C1)c1ccc(OC(F)(F)F)cc1. The van der Waals surface area contributed by atoms with E-state index in [1.807, 2.05) is 0 Å². The molecule has 148 valence electrons. The lowest BCUT2D eigenvalue weighted by molar-refractivity contribution is -0.274. The molecule has 2 N–H and O–H groups in total. The average Bonchev–Trinajstić information content (AvgIpc) is 3.09. The maximum Gasteiger partial charge on any atom is 0.573 e. The van der Waals surface area contributed by atoms with Gasteiger partial charge in [0.1, 0.15) is 5.75 Å². The van der Waals surface area contributed by atoms with Crippen molar-refractivity contribution in [1.29, 1.82) is 0 Å². The monoisotopic (exact) mass is 412 g/mol. The van der Waals surface area contributed by atoms with Gasteiger partial charge >= 0.3 is 6.36 Å². The fraction of sp³-hybridized carbons (Fsp3) is 0.294. The van der Waals surface area contributed by atoms with E-state index in [0.717, 1.165) is 40.8 Å². The van der Waals surface area contributed by atoms with Gasteiger partial charge < -0.3 is 4.74 Å². The Bertz CT molecular complexity index is 1110. The zero-order chi connectivity index (χ0) is 19.9. The van der Waals surface area contributed by atoms with E-state index in [-0.39, 0.29) is 10.9 Å². The zero-order valence-electron chi connectivity index (χ0n) is 14.3. The molecule has 1 unspecified atom stereocenters. The molecule has 0 fully saturated rings. The summed E-state index contributed by atoms with van der Waals surface area (Å²) in [7, 11) is -3.88. The van der Waals surface area contributed by atoms with Crippen LogP contribution in [0.5, 0.6) is 5.75 Å². The van der Waals surface area contributed by atoms with E-state index in [2.05, 4.69) is 24.6 Å². The van der Waals surface area contributed by atoms with Crippen molar-refractivity contribution in [1.82, 2.24) is 19.9 Å². The third-order valence-corrected chi connectivity index (χ3v) is 6.12. The summed E-state index contributed by atoms with van der Waals surface area (Å²) in [4.78, 5) is 4.15. The van der Waals surface area contributed by atoms with Crippen LogP contribution >= 0.6 is 0 Å². The summed E-state index contributed by atoms with van der Waals surface area (Å²) >= 11 is 0. The summed E-state index contributed by atoms with van der Waals surface area (Å²) < 4.78 is 68.2. The molecule has 4 rings (SSSR count). The van der Waals surface area contributed by atoms with Crippen LogP contribution in [0.25, 0.3) is 11.0 Å². The molecule has 0 radical (unpaired) electrons. The number of sulfonamides is 1. The fourth-order valence-electron chi connectivity index (χ4n) is 3.36. The highest BCUT2D eigenvalue weighted by Gasteiger charge is 2.31. The Morgan fingerprint density at radius 1 is 1.18 bits per heavy atom. The minimum absolute atomic E-state index is 0.128. The van der Waals surface area contributed by atoms with E-state index in [1.54, 1.807) is 12.4 Å². The Kier molecular flexibility index (Phi) is 4.50. The Morgan fingerprint density at radius 3 is 2.64 bits per heavy atom. The van der Waals surface area contributed by atoms with Gasteiger partial charge in [-0.25, -0.2) is 18.1 Å². The number of nitrogens with one attached hydrogen (secondary N) is 2. The summed E-state index contributed by atoms with van der Waals surface area (Å²) in [6, 6.07) is 3.76. The number of alkyl halides is 3. The van der Waals surface area contributed by atoms with Crippen molar-refractivity contribution in [2.45, 2.75) is 36.6 Å².